The first kappa shape index (κ1) is 14.9. The third-order valence-corrected chi connectivity index (χ3v) is 2.47. The van der Waals surface area contributed by atoms with Crippen LogP contribution in [0.3, 0.4) is 0 Å². The molecule has 0 saturated carbocycles. The van der Waals surface area contributed by atoms with Gasteiger partial charge in [-0.3, -0.25) is 0 Å². The van der Waals surface area contributed by atoms with Gasteiger partial charge in [-0.1, -0.05) is 27.7 Å². The molecule has 0 rings (SSSR count). The van der Waals surface area contributed by atoms with Gasteiger partial charge in [-0.2, -0.15) is 0 Å². The van der Waals surface area contributed by atoms with E-state index in [1.54, 1.807) is 0 Å². The van der Waals surface area contributed by atoms with Gasteiger partial charge in [-0.15, -0.1) is 0 Å². The standard InChI is InChI=1S/C13H29NO/c1-6-14-12(2)8-7-10-15-11-9-13(3,4)5/h12,14H,6-11H2,1-5H3. The second-order valence-electron chi connectivity index (χ2n) is 5.52. The van der Waals surface area contributed by atoms with Crippen molar-refractivity contribution in [2.24, 2.45) is 5.41 Å². The van der Waals surface area contributed by atoms with Crippen LogP contribution in [0.2, 0.25) is 0 Å². The van der Waals surface area contributed by atoms with Crippen LogP contribution in [-0.2, 0) is 4.74 Å². The lowest BCUT2D eigenvalue weighted by atomic mass is 9.93. The van der Waals surface area contributed by atoms with Crippen LogP contribution in [0, 0.1) is 5.41 Å². The molecule has 0 aliphatic heterocycles. The molecule has 0 aromatic rings. The fraction of sp³-hybridized carbons (Fsp3) is 1.00. The minimum absolute atomic E-state index is 0.400. The van der Waals surface area contributed by atoms with Gasteiger partial charge in [0.25, 0.3) is 0 Å². The first-order valence-electron chi connectivity index (χ1n) is 6.27. The summed E-state index contributed by atoms with van der Waals surface area (Å²) in [5.41, 5.74) is 0.400. The van der Waals surface area contributed by atoms with E-state index in [1.807, 2.05) is 0 Å². The second kappa shape index (κ2) is 8.12. The average Bonchev–Trinajstić information content (AvgIpc) is 2.09. The van der Waals surface area contributed by atoms with E-state index in [-0.39, 0.29) is 0 Å². The molecule has 0 spiro atoms. The average molecular weight is 215 g/mol. The quantitative estimate of drug-likeness (QED) is 0.628. The number of nitrogens with one attached hydrogen (secondary N) is 1. The van der Waals surface area contributed by atoms with Crippen molar-refractivity contribution < 1.29 is 4.74 Å². The van der Waals surface area contributed by atoms with E-state index < -0.39 is 0 Å². The van der Waals surface area contributed by atoms with Crippen LogP contribution in [0.5, 0.6) is 0 Å². The summed E-state index contributed by atoms with van der Waals surface area (Å²) in [5, 5.41) is 3.41. The van der Waals surface area contributed by atoms with Crippen molar-refractivity contribution in [2.45, 2.75) is 59.9 Å². The maximum Gasteiger partial charge on any atom is 0.0471 e. The Balaban J connectivity index is 3.18. The van der Waals surface area contributed by atoms with Gasteiger partial charge in [-0.25, -0.2) is 0 Å². The van der Waals surface area contributed by atoms with Crippen LogP contribution in [-0.4, -0.2) is 25.8 Å². The molecule has 0 amide bonds. The van der Waals surface area contributed by atoms with Crippen LogP contribution in [0.4, 0.5) is 0 Å². The van der Waals surface area contributed by atoms with E-state index in [2.05, 4.69) is 39.9 Å². The van der Waals surface area contributed by atoms with Crippen LogP contribution < -0.4 is 5.32 Å². The molecule has 92 valence electrons. The lowest BCUT2D eigenvalue weighted by Gasteiger charge is -2.18. The number of ether oxygens (including phenoxy) is 1. The second-order valence-corrected chi connectivity index (χ2v) is 5.52. The predicted molar refractivity (Wildman–Crippen MR) is 67.3 cm³/mol. The Hall–Kier alpha value is -0.0800. The van der Waals surface area contributed by atoms with Gasteiger partial charge in [0.15, 0.2) is 0 Å². The van der Waals surface area contributed by atoms with Crippen LogP contribution in [0.15, 0.2) is 0 Å². The van der Waals surface area contributed by atoms with Crippen molar-refractivity contribution in [3.63, 3.8) is 0 Å². The molecule has 2 heteroatoms. The maximum atomic E-state index is 5.61. The van der Waals surface area contributed by atoms with E-state index in [9.17, 15) is 0 Å². The molecule has 1 unspecified atom stereocenters. The zero-order chi connectivity index (χ0) is 11.7. The highest BCUT2D eigenvalue weighted by Gasteiger charge is 2.09. The topological polar surface area (TPSA) is 21.3 Å². The smallest absolute Gasteiger partial charge is 0.0471 e. The van der Waals surface area contributed by atoms with Crippen molar-refractivity contribution in [2.75, 3.05) is 19.8 Å². The summed E-state index contributed by atoms with van der Waals surface area (Å²) in [7, 11) is 0. The molecule has 0 aliphatic carbocycles. The number of hydrogen-bond acceptors (Lipinski definition) is 2. The molecule has 1 atom stereocenters. The van der Waals surface area contributed by atoms with Crippen LogP contribution >= 0.6 is 0 Å². The zero-order valence-electron chi connectivity index (χ0n) is 11.2. The van der Waals surface area contributed by atoms with Gasteiger partial charge in [0.05, 0.1) is 0 Å². The SMILES string of the molecule is CCNC(C)CCCOCCC(C)(C)C. The largest absolute Gasteiger partial charge is 0.381 e. The highest BCUT2D eigenvalue weighted by atomic mass is 16.5. The third-order valence-electron chi connectivity index (χ3n) is 2.47. The minimum atomic E-state index is 0.400. The van der Waals surface area contributed by atoms with E-state index in [0.29, 0.717) is 11.5 Å². The Labute approximate surface area is 95.8 Å². The summed E-state index contributed by atoms with van der Waals surface area (Å²) < 4.78 is 5.61. The Morgan fingerprint density at radius 1 is 1.20 bits per heavy atom. The molecule has 0 aromatic carbocycles. The Kier molecular flexibility index (Phi) is 8.07. The van der Waals surface area contributed by atoms with E-state index in [4.69, 9.17) is 4.74 Å². The third kappa shape index (κ3) is 11.8. The van der Waals surface area contributed by atoms with E-state index in [1.165, 1.54) is 6.42 Å². The molecular formula is C13H29NO. The highest BCUT2D eigenvalue weighted by molar-refractivity contribution is 4.61. The molecule has 15 heavy (non-hydrogen) atoms. The molecule has 1 N–H and O–H groups in total. The van der Waals surface area contributed by atoms with Crippen molar-refractivity contribution in [3.05, 3.63) is 0 Å². The van der Waals surface area contributed by atoms with Gasteiger partial charge < -0.3 is 10.1 Å². The van der Waals surface area contributed by atoms with Crippen LogP contribution in [0.1, 0.15) is 53.9 Å². The summed E-state index contributed by atoms with van der Waals surface area (Å²) in [6, 6.07) is 0.626. The summed E-state index contributed by atoms with van der Waals surface area (Å²) >= 11 is 0. The highest BCUT2D eigenvalue weighted by Crippen LogP contribution is 2.17. The minimum Gasteiger partial charge on any atom is -0.381 e. The lowest BCUT2D eigenvalue weighted by Crippen LogP contribution is -2.25. The van der Waals surface area contributed by atoms with E-state index in [0.717, 1.165) is 32.6 Å². The maximum absolute atomic E-state index is 5.61. The Morgan fingerprint density at radius 3 is 2.40 bits per heavy atom. The first-order chi connectivity index (χ1) is 6.95. The molecule has 0 heterocycles. The van der Waals surface area contributed by atoms with Crippen molar-refractivity contribution in [3.8, 4) is 0 Å². The molecule has 0 fully saturated rings. The summed E-state index contributed by atoms with van der Waals surface area (Å²) in [6.07, 6.45) is 3.53. The molecule has 0 aromatic heterocycles. The fourth-order valence-electron chi connectivity index (χ4n) is 1.42. The van der Waals surface area contributed by atoms with E-state index >= 15 is 0 Å². The molecule has 2 nitrogen and oxygen atoms in total. The zero-order valence-corrected chi connectivity index (χ0v) is 11.2. The summed E-state index contributed by atoms with van der Waals surface area (Å²) in [4.78, 5) is 0. The summed E-state index contributed by atoms with van der Waals surface area (Å²) in [5.74, 6) is 0. The molecule has 0 radical (unpaired) electrons. The molecular weight excluding hydrogens is 186 g/mol. The Morgan fingerprint density at radius 2 is 1.87 bits per heavy atom. The fourth-order valence-corrected chi connectivity index (χ4v) is 1.42. The van der Waals surface area contributed by atoms with Crippen molar-refractivity contribution in [1.82, 2.24) is 5.32 Å². The molecule has 0 saturated heterocycles. The molecule has 0 aliphatic rings. The number of hydrogen-bond donors (Lipinski definition) is 1. The van der Waals surface area contributed by atoms with Gasteiger partial charge in [0.2, 0.25) is 0 Å². The van der Waals surface area contributed by atoms with Gasteiger partial charge in [0.1, 0.15) is 0 Å². The predicted octanol–water partition coefficient (Wildman–Crippen LogP) is 3.22. The monoisotopic (exact) mass is 215 g/mol. The van der Waals surface area contributed by atoms with Gasteiger partial charge in [0, 0.05) is 19.3 Å². The van der Waals surface area contributed by atoms with Gasteiger partial charge in [-0.05, 0) is 38.1 Å². The molecule has 0 bridgehead atoms. The van der Waals surface area contributed by atoms with Crippen LogP contribution in [0.25, 0.3) is 0 Å². The first-order valence-corrected chi connectivity index (χ1v) is 6.27. The lowest BCUT2D eigenvalue weighted by molar-refractivity contribution is 0.104. The Bertz CT molecular complexity index is 140. The van der Waals surface area contributed by atoms with Crippen molar-refractivity contribution in [1.29, 1.82) is 0 Å². The number of rotatable bonds is 8. The normalized spacial score (nSPS) is 14.2. The van der Waals surface area contributed by atoms with Gasteiger partial charge >= 0.3 is 0 Å². The van der Waals surface area contributed by atoms with Crippen molar-refractivity contribution >= 4 is 0 Å². The summed E-state index contributed by atoms with van der Waals surface area (Å²) in [6.45, 7) is 14.0.